The lowest BCUT2D eigenvalue weighted by atomic mass is 9.95. The Bertz CT molecular complexity index is 448. The maximum atomic E-state index is 12.0. The Labute approximate surface area is 120 Å². The molecular formula is C13H18F3N3O2. The van der Waals surface area contributed by atoms with Crippen molar-refractivity contribution in [2.75, 3.05) is 26.3 Å². The number of alkyl halides is 3. The first-order valence-corrected chi connectivity index (χ1v) is 6.87. The van der Waals surface area contributed by atoms with Gasteiger partial charge in [-0.2, -0.15) is 18.3 Å². The van der Waals surface area contributed by atoms with Crippen LogP contribution in [0, 0.1) is 0 Å². The van der Waals surface area contributed by atoms with E-state index < -0.39 is 12.8 Å². The van der Waals surface area contributed by atoms with E-state index >= 15 is 0 Å². The molecule has 2 rings (SSSR count). The van der Waals surface area contributed by atoms with E-state index in [0.29, 0.717) is 13.1 Å². The second-order valence-electron chi connectivity index (χ2n) is 5.11. The minimum Gasteiger partial charge on any atom is -0.372 e. The molecule has 1 atom stereocenters. The van der Waals surface area contributed by atoms with E-state index in [1.807, 2.05) is 6.07 Å². The predicted molar refractivity (Wildman–Crippen MR) is 68.6 cm³/mol. The number of hydrogen-bond donors (Lipinski definition) is 1. The maximum absolute atomic E-state index is 12.0. The molecule has 1 aliphatic heterocycles. The summed E-state index contributed by atoms with van der Waals surface area (Å²) in [5, 5.41) is 6.79. The molecule has 0 aliphatic carbocycles. The van der Waals surface area contributed by atoms with E-state index in [4.69, 9.17) is 0 Å². The quantitative estimate of drug-likeness (QED) is 0.847. The molecule has 1 amide bonds. The Morgan fingerprint density at radius 2 is 2.33 bits per heavy atom. The lowest BCUT2D eigenvalue weighted by Crippen LogP contribution is -2.39. The predicted octanol–water partition coefficient (Wildman–Crippen LogP) is 2.08. The van der Waals surface area contributed by atoms with Crippen molar-refractivity contribution >= 4 is 5.91 Å². The molecule has 0 spiro atoms. The summed E-state index contributed by atoms with van der Waals surface area (Å²) in [5.41, 5.74) is 0.987. The highest BCUT2D eigenvalue weighted by Gasteiger charge is 2.28. The van der Waals surface area contributed by atoms with E-state index in [1.165, 1.54) is 0 Å². The summed E-state index contributed by atoms with van der Waals surface area (Å²) < 4.78 is 40.2. The van der Waals surface area contributed by atoms with Crippen molar-refractivity contribution < 1.29 is 22.7 Å². The van der Waals surface area contributed by atoms with Gasteiger partial charge in [0.25, 0.3) is 0 Å². The number of nitrogens with one attached hydrogen (secondary N) is 1. The third-order valence-electron chi connectivity index (χ3n) is 3.46. The number of ether oxygens (including phenoxy) is 1. The van der Waals surface area contributed by atoms with Crippen molar-refractivity contribution in [1.29, 1.82) is 0 Å². The molecule has 1 aromatic heterocycles. The Morgan fingerprint density at radius 1 is 1.52 bits per heavy atom. The highest BCUT2D eigenvalue weighted by Crippen LogP contribution is 2.25. The van der Waals surface area contributed by atoms with Crippen LogP contribution in [-0.2, 0) is 9.53 Å². The maximum Gasteiger partial charge on any atom is 0.411 e. The SMILES string of the molecule is O=C(CCOCC(F)(F)F)N1CCCC(c2ccn[nH]2)C1. The summed E-state index contributed by atoms with van der Waals surface area (Å²) in [6, 6.07) is 1.88. The number of nitrogens with zero attached hydrogens (tertiary/aromatic N) is 2. The van der Waals surface area contributed by atoms with Gasteiger partial charge >= 0.3 is 6.18 Å². The molecule has 8 heteroatoms. The molecule has 1 aromatic rings. The van der Waals surface area contributed by atoms with Gasteiger partial charge < -0.3 is 9.64 Å². The van der Waals surface area contributed by atoms with Gasteiger partial charge in [-0.1, -0.05) is 0 Å². The van der Waals surface area contributed by atoms with Crippen LogP contribution in [0.5, 0.6) is 0 Å². The topological polar surface area (TPSA) is 58.2 Å². The van der Waals surface area contributed by atoms with Gasteiger partial charge in [0.05, 0.1) is 13.0 Å². The number of piperidine rings is 1. The van der Waals surface area contributed by atoms with Gasteiger partial charge in [-0.05, 0) is 18.9 Å². The van der Waals surface area contributed by atoms with E-state index in [0.717, 1.165) is 18.5 Å². The summed E-state index contributed by atoms with van der Waals surface area (Å²) in [5.74, 6) is 0.0442. The van der Waals surface area contributed by atoms with E-state index in [-0.39, 0.29) is 24.9 Å². The van der Waals surface area contributed by atoms with Crippen molar-refractivity contribution in [3.8, 4) is 0 Å². The number of rotatable bonds is 5. The zero-order chi connectivity index (χ0) is 15.3. The van der Waals surface area contributed by atoms with E-state index in [2.05, 4.69) is 14.9 Å². The van der Waals surface area contributed by atoms with Crippen molar-refractivity contribution in [1.82, 2.24) is 15.1 Å². The summed E-state index contributed by atoms with van der Waals surface area (Å²) in [6.45, 7) is -0.302. The molecule has 0 saturated carbocycles. The number of hydrogen-bond acceptors (Lipinski definition) is 3. The average molecular weight is 305 g/mol. The van der Waals surface area contributed by atoms with Crippen LogP contribution in [0.4, 0.5) is 13.2 Å². The largest absolute Gasteiger partial charge is 0.411 e. The van der Waals surface area contributed by atoms with Crippen LogP contribution in [0.1, 0.15) is 30.9 Å². The van der Waals surface area contributed by atoms with E-state index in [9.17, 15) is 18.0 Å². The second kappa shape index (κ2) is 6.93. The fraction of sp³-hybridized carbons (Fsp3) is 0.692. The van der Waals surface area contributed by atoms with E-state index in [1.54, 1.807) is 11.1 Å². The minimum atomic E-state index is -4.35. The Kier molecular flexibility index (Phi) is 5.22. The number of likely N-dealkylation sites (tertiary alicyclic amines) is 1. The zero-order valence-electron chi connectivity index (χ0n) is 11.5. The smallest absolute Gasteiger partial charge is 0.372 e. The molecule has 1 N–H and O–H groups in total. The first-order chi connectivity index (χ1) is 9.96. The number of H-pyrrole nitrogens is 1. The fourth-order valence-corrected chi connectivity index (χ4v) is 2.46. The molecule has 0 radical (unpaired) electrons. The van der Waals surface area contributed by atoms with Crippen molar-refractivity contribution in [2.24, 2.45) is 0 Å². The lowest BCUT2D eigenvalue weighted by Gasteiger charge is -2.32. The Balaban J connectivity index is 1.74. The molecule has 0 bridgehead atoms. The van der Waals surface area contributed by atoms with Gasteiger partial charge in [-0.3, -0.25) is 9.89 Å². The van der Waals surface area contributed by atoms with Crippen LogP contribution < -0.4 is 0 Å². The van der Waals surface area contributed by atoms with Gasteiger partial charge in [0.1, 0.15) is 6.61 Å². The fourth-order valence-electron chi connectivity index (χ4n) is 2.46. The van der Waals surface area contributed by atoms with Gasteiger partial charge in [0, 0.05) is 30.9 Å². The van der Waals surface area contributed by atoms with Crippen molar-refractivity contribution in [2.45, 2.75) is 31.4 Å². The first-order valence-electron chi connectivity index (χ1n) is 6.87. The molecule has 1 fully saturated rings. The van der Waals surface area contributed by atoms with Crippen molar-refractivity contribution in [3.05, 3.63) is 18.0 Å². The number of aromatic amines is 1. The third kappa shape index (κ3) is 5.04. The lowest BCUT2D eigenvalue weighted by molar-refractivity contribution is -0.175. The zero-order valence-corrected chi connectivity index (χ0v) is 11.5. The Hall–Kier alpha value is -1.57. The van der Waals surface area contributed by atoms with Crippen LogP contribution in [0.3, 0.4) is 0 Å². The number of amides is 1. The molecule has 1 saturated heterocycles. The molecule has 2 heterocycles. The number of carbonyl (C=O) groups is 1. The number of aromatic nitrogens is 2. The van der Waals surface area contributed by atoms with Gasteiger partial charge in [0.2, 0.25) is 5.91 Å². The highest BCUT2D eigenvalue weighted by atomic mass is 19.4. The molecule has 5 nitrogen and oxygen atoms in total. The average Bonchev–Trinajstić information content (AvgIpc) is 2.96. The highest BCUT2D eigenvalue weighted by molar-refractivity contribution is 5.76. The monoisotopic (exact) mass is 305 g/mol. The number of halogens is 3. The molecule has 1 unspecified atom stereocenters. The first kappa shape index (κ1) is 15.8. The molecule has 1 aliphatic rings. The summed E-state index contributed by atoms with van der Waals surface area (Å²) in [6.07, 6.45) is -0.859. The van der Waals surface area contributed by atoms with Gasteiger partial charge in [-0.25, -0.2) is 0 Å². The van der Waals surface area contributed by atoms with Crippen LogP contribution in [0.25, 0.3) is 0 Å². The number of carbonyl (C=O) groups excluding carboxylic acids is 1. The second-order valence-corrected chi connectivity index (χ2v) is 5.11. The molecular weight excluding hydrogens is 287 g/mol. The van der Waals surface area contributed by atoms with Crippen molar-refractivity contribution in [3.63, 3.8) is 0 Å². The van der Waals surface area contributed by atoms with Crippen LogP contribution in [-0.4, -0.2) is 53.5 Å². The molecule has 118 valence electrons. The molecule has 21 heavy (non-hydrogen) atoms. The third-order valence-corrected chi connectivity index (χ3v) is 3.46. The summed E-state index contributed by atoms with van der Waals surface area (Å²) >= 11 is 0. The van der Waals surface area contributed by atoms with Crippen LogP contribution in [0.15, 0.2) is 12.3 Å². The summed E-state index contributed by atoms with van der Waals surface area (Å²) in [4.78, 5) is 13.7. The summed E-state index contributed by atoms with van der Waals surface area (Å²) in [7, 11) is 0. The van der Waals surface area contributed by atoms with Gasteiger partial charge in [0.15, 0.2) is 0 Å². The standard InChI is InChI=1S/C13H18F3N3O2/c14-13(15,16)9-21-7-4-12(20)19-6-1-2-10(8-19)11-3-5-17-18-11/h3,5,10H,1-2,4,6-9H2,(H,17,18). The van der Waals surface area contributed by atoms with Crippen LogP contribution in [0.2, 0.25) is 0 Å². The van der Waals surface area contributed by atoms with Crippen LogP contribution >= 0.6 is 0 Å². The normalized spacial score (nSPS) is 19.8. The Morgan fingerprint density at radius 3 is 3.00 bits per heavy atom. The minimum absolute atomic E-state index is 0.0220. The van der Waals surface area contributed by atoms with Gasteiger partial charge in [-0.15, -0.1) is 0 Å². The molecule has 0 aromatic carbocycles.